The van der Waals surface area contributed by atoms with E-state index in [-0.39, 0.29) is 23.4 Å². The zero-order valence-corrected chi connectivity index (χ0v) is 21.8. The number of carbonyl (C=O) groups is 1. The number of aromatic nitrogens is 2. The predicted molar refractivity (Wildman–Crippen MR) is 141 cm³/mol. The highest BCUT2D eigenvalue weighted by atomic mass is 127. The molecule has 0 unspecified atom stereocenters. The molecule has 38 heavy (non-hydrogen) atoms. The Morgan fingerprint density at radius 1 is 1.11 bits per heavy atom. The van der Waals surface area contributed by atoms with Gasteiger partial charge in [0.1, 0.15) is 23.3 Å². The molecule has 0 saturated carbocycles. The van der Waals surface area contributed by atoms with Crippen molar-refractivity contribution in [3.05, 3.63) is 97.7 Å². The van der Waals surface area contributed by atoms with E-state index in [4.69, 9.17) is 4.74 Å². The van der Waals surface area contributed by atoms with Crippen LogP contribution >= 0.6 is 22.6 Å². The molecule has 3 N–H and O–H groups in total. The second-order valence-corrected chi connectivity index (χ2v) is 9.50. The molecule has 1 atom stereocenters. The number of rotatable bonds is 7. The molecule has 12 heteroatoms. The minimum atomic E-state index is -4.55. The van der Waals surface area contributed by atoms with Crippen LogP contribution in [-0.4, -0.2) is 27.7 Å². The average Bonchev–Trinajstić information content (AvgIpc) is 3.17. The zero-order valence-electron chi connectivity index (χ0n) is 19.6. The largest absolute Gasteiger partial charge is 0.497 e. The van der Waals surface area contributed by atoms with Gasteiger partial charge < -0.3 is 20.1 Å². The van der Waals surface area contributed by atoms with E-state index in [0.29, 0.717) is 14.9 Å². The lowest BCUT2D eigenvalue weighted by atomic mass is 10.0. The van der Waals surface area contributed by atoms with Gasteiger partial charge in [0.15, 0.2) is 0 Å². The maximum absolute atomic E-state index is 14.4. The van der Waals surface area contributed by atoms with Crippen molar-refractivity contribution in [3.63, 3.8) is 0 Å². The van der Waals surface area contributed by atoms with Crippen molar-refractivity contribution in [2.24, 2.45) is 0 Å². The number of H-pyrrole nitrogens is 1. The van der Waals surface area contributed by atoms with Gasteiger partial charge in [-0.3, -0.25) is 4.79 Å². The number of carbonyl (C=O) groups excluding carboxylic acids is 1. The van der Waals surface area contributed by atoms with Crippen molar-refractivity contribution >= 4 is 34.2 Å². The Morgan fingerprint density at radius 2 is 1.76 bits per heavy atom. The molecule has 0 fully saturated rings. The molecule has 0 aliphatic carbocycles. The van der Waals surface area contributed by atoms with Gasteiger partial charge in [0.05, 0.1) is 18.4 Å². The number of nitrogens with zero attached hydrogens (tertiary/aromatic N) is 1. The van der Waals surface area contributed by atoms with Gasteiger partial charge in [-0.15, -0.1) is 0 Å². The summed E-state index contributed by atoms with van der Waals surface area (Å²) >= 11 is 1.90. The lowest BCUT2D eigenvalue weighted by Gasteiger charge is -2.19. The first-order valence-electron chi connectivity index (χ1n) is 11.1. The standard InChI is InChI=1S/C26H20F4IN3O4/c1-38-18-9-4-15(5-10-18)22-24(36)34(25(37)33-22)21(12-14-2-6-16(7-3-14)26(28,29)30)23(35)32-20-11-8-17(31)13-19(20)27/h2-11,13,21,36H,12H2,1H3,(H,32,35)(H,33,37)/t21-/m0/s1. The quantitative estimate of drug-likeness (QED) is 0.177. The number of alkyl halides is 3. The average molecular weight is 641 g/mol. The third-order valence-electron chi connectivity index (χ3n) is 5.79. The zero-order chi connectivity index (χ0) is 27.6. The predicted octanol–water partition coefficient (Wildman–Crippen LogP) is 5.74. The molecule has 1 heterocycles. The number of methoxy groups -OCH3 is 1. The molecule has 0 bridgehead atoms. The van der Waals surface area contributed by atoms with Gasteiger partial charge >= 0.3 is 11.9 Å². The number of anilines is 1. The first kappa shape index (κ1) is 27.2. The second kappa shape index (κ2) is 10.9. The van der Waals surface area contributed by atoms with E-state index < -0.39 is 41.1 Å². The SMILES string of the molecule is COc1ccc(-c2[nH]c(=O)n([C@@H](Cc3ccc(C(F)(F)F)cc3)C(=O)Nc3ccc(I)cc3F)c2O)cc1. The Bertz CT molecular complexity index is 1510. The number of aromatic amines is 1. The van der Waals surface area contributed by atoms with Crippen LogP contribution < -0.4 is 15.7 Å². The van der Waals surface area contributed by atoms with Crippen LogP contribution in [0.1, 0.15) is 17.2 Å². The van der Waals surface area contributed by atoms with Gasteiger partial charge in [-0.25, -0.2) is 13.8 Å². The molecule has 0 aliphatic heterocycles. The van der Waals surface area contributed by atoms with E-state index in [9.17, 15) is 32.3 Å². The summed E-state index contributed by atoms with van der Waals surface area (Å²) < 4.78 is 60.0. The molecular weight excluding hydrogens is 621 g/mol. The van der Waals surface area contributed by atoms with Crippen LogP contribution in [0.5, 0.6) is 11.6 Å². The van der Waals surface area contributed by atoms with Gasteiger partial charge in [-0.2, -0.15) is 13.2 Å². The first-order chi connectivity index (χ1) is 18.0. The number of amides is 1. The molecule has 198 valence electrons. The summed E-state index contributed by atoms with van der Waals surface area (Å²) in [4.78, 5) is 28.8. The number of halogens is 5. The number of aromatic hydroxyl groups is 1. The fraction of sp³-hybridized carbons (Fsp3) is 0.154. The van der Waals surface area contributed by atoms with Crippen molar-refractivity contribution in [1.29, 1.82) is 0 Å². The van der Waals surface area contributed by atoms with E-state index in [1.165, 1.54) is 31.4 Å². The van der Waals surface area contributed by atoms with E-state index in [1.807, 2.05) is 22.6 Å². The first-order valence-corrected chi connectivity index (χ1v) is 12.2. The highest BCUT2D eigenvalue weighted by Gasteiger charge is 2.31. The number of hydrogen-bond donors (Lipinski definition) is 3. The van der Waals surface area contributed by atoms with Gasteiger partial charge in [-0.05, 0) is 82.8 Å². The van der Waals surface area contributed by atoms with Gasteiger partial charge in [0.25, 0.3) is 0 Å². The monoisotopic (exact) mass is 641 g/mol. The lowest BCUT2D eigenvalue weighted by Crippen LogP contribution is -2.33. The third kappa shape index (κ3) is 5.85. The molecule has 0 radical (unpaired) electrons. The molecule has 0 aliphatic rings. The topological polar surface area (TPSA) is 96.4 Å². The summed E-state index contributed by atoms with van der Waals surface area (Å²) in [5.74, 6) is -1.62. The van der Waals surface area contributed by atoms with E-state index in [0.717, 1.165) is 16.7 Å². The third-order valence-corrected chi connectivity index (χ3v) is 6.47. The van der Waals surface area contributed by atoms with Crippen molar-refractivity contribution in [1.82, 2.24) is 9.55 Å². The minimum Gasteiger partial charge on any atom is -0.497 e. The number of hydrogen-bond acceptors (Lipinski definition) is 4. The molecule has 1 aromatic heterocycles. The van der Waals surface area contributed by atoms with Crippen LogP contribution in [-0.2, 0) is 17.4 Å². The van der Waals surface area contributed by atoms with Crippen molar-refractivity contribution in [2.75, 3.05) is 12.4 Å². The molecule has 1 amide bonds. The van der Waals surface area contributed by atoms with Gasteiger partial charge in [-0.1, -0.05) is 12.1 Å². The molecular formula is C26H20F4IN3O4. The van der Waals surface area contributed by atoms with Crippen LogP contribution in [0, 0.1) is 9.39 Å². The molecule has 0 spiro atoms. The Balaban J connectivity index is 1.75. The highest BCUT2D eigenvalue weighted by Crippen LogP contribution is 2.33. The van der Waals surface area contributed by atoms with Gasteiger partial charge in [0, 0.05) is 15.6 Å². The van der Waals surface area contributed by atoms with Crippen molar-refractivity contribution < 1.29 is 32.2 Å². The summed E-state index contributed by atoms with van der Waals surface area (Å²) in [6.45, 7) is 0. The Labute approximate surface area is 227 Å². The van der Waals surface area contributed by atoms with E-state index >= 15 is 0 Å². The van der Waals surface area contributed by atoms with E-state index in [2.05, 4.69) is 10.3 Å². The van der Waals surface area contributed by atoms with Gasteiger partial charge in [0.2, 0.25) is 11.8 Å². The molecule has 4 rings (SSSR count). The highest BCUT2D eigenvalue weighted by molar-refractivity contribution is 14.1. The molecule has 0 saturated heterocycles. The maximum Gasteiger partial charge on any atom is 0.416 e. The Hall–Kier alpha value is -3.81. The number of benzene rings is 3. The maximum atomic E-state index is 14.4. The summed E-state index contributed by atoms with van der Waals surface area (Å²) in [6.07, 6.45) is -4.83. The molecule has 4 aromatic rings. The van der Waals surface area contributed by atoms with Crippen molar-refractivity contribution in [2.45, 2.75) is 18.6 Å². The normalized spacial score (nSPS) is 12.3. The molecule has 7 nitrogen and oxygen atoms in total. The number of nitrogens with one attached hydrogen (secondary N) is 2. The summed E-state index contributed by atoms with van der Waals surface area (Å²) in [5.41, 5.74) is -1.18. The minimum absolute atomic E-state index is 0.0170. The van der Waals surface area contributed by atoms with Crippen LogP contribution in [0.4, 0.5) is 23.2 Å². The fourth-order valence-electron chi connectivity index (χ4n) is 3.85. The lowest BCUT2D eigenvalue weighted by molar-refractivity contribution is -0.137. The van der Waals surface area contributed by atoms with Crippen molar-refractivity contribution in [3.8, 4) is 22.9 Å². The number of ether oxygens (including phenoxy) is 1. The Kier molecular flexibility index (Phi) is 7.81. The second-order valence-electron chi connectivity index (χ2n) is 8.26. The smallest absolute Gasteiger partial charge is 0.416 e. The van der Waals surface area contributed by atoms with E-state index in [1.54, 1.807) is 30.3 Å². The Morgan fingerprint density at radius 3 is 2.34 bits per heavy atom. The summed E-state index contributed by atoms with van der Waals surface area (Å²) in [5, 5.41) is 13.4. The summed E-state index contributed by atoms with van der Waals surface area (Å²) in [7, 11) is 1.48. The van der Waals surface area contributed by atoms with Crippen LogP contribution in [0.3, 0.4) is 0 Å². The number of imidazole rings is 1. The summed E-state index contributed by atoms with van der Waals surface area (Å²) in [6, 6.07) is 13.1. The van der Waals surface area contributed by atoms with Crippen LogP contribution in [0.2, 0.25) is 0 Å². The van der Waals surface area contributed by atoms with Crippen LogP contribution in [0.15, 0.2) is 71.5 Å². The van der Waals surface area contributed by atoms with Crippen LogP contribution in [0.25, 0.3) is 11.3 Å². The fourth-order valence-corrected chi connectivity index (χ4v) is 4.30. The molecule has 3 aromatic carbocycles.